The molecule has 0 aromatic heterocycles. The van der Waals surface area contributed by atoms with Crippen LogP contribution in [0.4, 0.5) is 0 Å². The van der Waals surface area contributed by atoms with Crippen molar-refractivity contribution in [2.75, 3.05) is 26.4 Å². The predicted molar refractivity (Wildman–Crippen MR) is 415 cm³/mol. The summed E-state index contributed by atoms with van der Waals surface area (Å²) in [6.07, 6.45) is 66.7. The van der Waals surface area contributed by atoms with Gasteiger partial charge in [-0.25, -0.2) is 0 Å². The first-order chi connectivity index (χ1) is 48.1. The Bertz CT molecular complexity index is 3690. The quantitative estimate of drug-likeness (QED) is 0.0588. The van der Waals surface area contributed by atoms with Crippen molar-refractivity contribution in [3.05, 3.63) is 241 Å². The van der Waals surface area contributed by atoms with E-state index < -0.39 is 0 Å². The van der Waals surface area contributed by atoms with Crippen LogP contribution in [0, 0.1) is 47.3 Å². The smallest absolute Gasteiger partial charge is 0.119 e. The van der Waals surface area contributed by atoms with E-state index in [0.29, 0.717) is 47.3 Å². The van der Waals surface area contributed by atoms with Crippen LogP contribution in [-0.4, -0.2) is 26.4 Å². The predicted octanol–water partition coefficient (Wildman–Crippen LogP) is 26.1. The molecule has 12 rings (SSSR count). The molecule has 0 bridgehead atoms. The van der Waals surface area contributed by atoms with Crippen molar-refractivity contribution in [3.63, 3.8) is 0 Å². The molecule has 4 heteroatoms. The molecule has 0 fully saturated rings. The molecule has 9 aliphatic carbocycles. The summed E-state index contributed by atoms with van der Waals surface area (Å²) >= 11 is 0. The number of fused-ring (bicyclic) bond motifs is 4. The number of unbranched alkanes of at least 4 members (excludes halogenated alkanes) is 4. The molecule has 9 aliphatic rings. The van der Waals surface area contributed by atoms with Crippen LogP contribution in [0.25, 0.3) is 16.7 Å². The Morgan fingerprint density at radius 2 is 1.02 bits per heavy atom. The molecule has 9 atom stereocenters. The van der Waals surface area contributed by atoms with Crippen molar-refractivity contribution >= 4 is 16.7 Å². The lowest BCUT2D eigenvalue weighted by Crippen LogP contribution is -2.20. The third-order valence-corrected chi connectivity index (χ3v) is 24.1. The summed E-state index contributed by atoms with van der Waals surface area (Å²) in [5.74, 6) is 8.67. The van der Waals surface area contributed by atoms with Gasteiger partial charge >= 0.3 is 0 Å². The van der Waals surface area contributed by atoms with E-state index in [4.69, 9.17) is 18.9 Å². The molecule has 0 saturated carbocycles. The van der Waals surface area contributed by atoms with E-state index in [0.717, 1.165) is 133 Å². The van der Waals surface area contributed by atoms with Crippen LogP contribution in [0.15, 0.2) is 213 Å². The second-order valence-corrected chi connectivity index (χ2v) is 30.8. The number of hydrogen-bond donors (Lipinski definition) is 0. The first kappa shape index (κ1) is 71.1. The summed E-state index contributed by atoms with van der Waals surface area (Å²) in [6.45, 7) is 21.6. The molecule has 0 heterocycles. The van der Waals surface area contributed by atoms with E-state index >= 15 is 0 Å². The van der Waals surface area contributed by atoms with Crippen molar-refractivity contribution in [2.24, 2.45) is 47.3 Å². The topological polar surface area (TPSA) is 36.9 Å². The summed E-state index contributed by atoms with van der Waals surface area (Å²) in [5, 5.41) is 0. The van der Waals surface area contributed by atoms with Crippen LogP contribution in [0.1, 0.15) is 256 Å². The van der Waals surface area contributed by atoms with Crippen LogP contribution in [0.2, 0.25) is 0 Å². The van der Waals surface area contributed by atoms with Gasteiger partial charge in [-0.05, 0) is 275 Å². The monoisotopic (exact) mass is 1310 g/mol. The maximum Gasteiger partial charge on any atom is 0.119 e. The second-order valence-electron chi connectivity index (χ2n) is 30.8. The Hall–Kier alpha value is -6.78. The Morgan fingerprint density at radius 1 is 0.439 bits per heavy atom. The molecular formula is C94H120O4. The molecule has 0 amide bonds. The maximum atomic E-state index is 6.49. The van der Waals surface area contributed by atoms with E-state index in [1.54, 1.807) is 50.2 Å². The number of hydrogen-bond acceptors (Lipinski definition) is 4. The highest BCUT2D eigenvalue weighted by Crippen LogP contribution is 2.52. The number of ether oxygens (including phenoxy) is 4. The third kappa shape index (κ3) is 17.9. The van der Waals surface area contributed by atoms with Crippen LogP contribution in [0.5, 0.6) is 11.5 Å². The van der Waals surface area contributed by atoms with E-state index in [2.05, 4.69) is 207 Å². The van der Waals surface area contributed by atoms with E-state index in [1.807, 2.05) is 0 Å². The van der Waals surface area contributed by atoms with Crippen LogP contribution < -0.4 is 9.47 Å². The first-order valence-electron chi connectivity index (χ1n) is 39.9. The molecule has 0 spiro atoms. The zero-order chi connectivity index (χ0) is 67.7. The summed E-state index contributed by atoms with van der Waals surface area (Å²) in [4.78, 5) is 0. The van der Waals surface area contributed by atoms with E-state index in [9.17, 15) is 0 Å². The highest BCUT2D eigenvalue weighted by atomic mass is 16.5. The molecule has 0 saturated heterocycles. The summed E-state index contributed by atoms with van der Waals surface area (Å²) in [6, 6.07) is 25.4. The second kappa shape index (κ2) is 35.0. The fraction of sp³-hybridized carbons (Fsp3) is 0.511. The summed E-state index contributed by atoms with van der Waals surface area (Å²) in [7, 11) is 0. The normalized spacial score (nSPS) is 23.0. The maximum absolute atomic E-state index is 6.49. The summed E-state index contributed by atoms with van der Waals surface area (Å²) < 4.78 is 25.8. The van der Waals surface area contributed by atoms with Crippen LogP contribution in [0.3, 0.4) is 0 Å². The molecule has 3 aromatic carbocycles. The fourth-order valence-corrected chi connectivity index (χ4v) is 17.3. The molecule has 4 nitrogen and oxygen atoms in total. The molecule has 0 aliphatic heterocycles. The molecule has 9 unspecified atom stereocenters. The van der Waals surface area contributed by atoms with Crippen molar-refractivity contribution < 1.29 is 18.9 Å². The molecule has 0 N–H and O–H groups in total. The van der Waals surface area contributed by atoms with E-state index in [-0.39, 0.29) is 5.92 Å². The number of allylic oxidation sites excluding steroid dienone is 26. The van der Waals surface area contributed by atoms with Gasteiger partial charge in [-0.3, -0.25) is 0 Å². The van der Waals surface area contributed by atoms with Crippen molar-refractivity contribution in [2.45, 2.75) is 235 Å². The van der Waals surface area contributed by atoms with Crippen molar-refractivity contribution in [1.29, 1.82) is 0 Å². The Morgan fingerprint density at radius 3 is 1.61 bits per heavy atom. The van der Waals surface area contributed by atoms with Crippen LogP contribution >= 0.6 is 0 Å². The first-order valence-corrected chi connectivity index (χ1v) is 39.9. The molecule has 520 valence electrons. The number of rotatable bonds is 35. The van der Waals surface area contributed by atoms with Gasteiger partial charge in [-0.1, -0.05) is 241 Å². The average molecular weight is 1310 g/mol. The van der Waals surface area contributed by atoms with Gasteiger partial charge in [0.2, 0.25) is 0 Å². The third-order valence-electron chi connectivity index (χ3n) is 24.1. The Balaban J connectivity index is 0.729. The van der Waals surface area contributed by atoms with Gasteiger partial charge in [0.25, 0.3) is 0 Å². The van der Waals surface area contributed by atoms with Gasteiger partial charge in [0.05, 0.1) is 26.4 Å². The lowest BCUT2D eigenvalue weighted by Gasteiger charge is -2.32. The largest absolute Gasteiger partial charge is 0.494 e. The SMILES string of the molecule is CCCCC(CC)COC1=CCC(C2=CC(C3=CC4=C(CC3)C3=CC=C(C5=CC6=C(CC5)c5ccc(C7C=C(c8ccc(OCC(CC)CCCC)cc8)C=C(c8ccc(OCC(CC)CCCC)cc8)C7)cc5C6)CC3C4)=CC(C3C=CC(OCC(CC)CCCC)=CC3)C2)C=C1. The highest BCUT2D eigenvalue weighted by Gasteiger charge is 2.36. The minimum Gasteiger partial charge on any atom is -0.494 e. The standard InChI is InChI=1S/C94H120O4/c1-9-17-21-65(13-5)61-95-87-37-25-69(26-38-87)77-53-78(70-27-39-88(40-28-70)96-62-66(14-6)22-18-10-2)56-81(55-77)75-35-47-93-85(51-75)59-83-49-73(33-45-91(83)93)74-34-46-92-84(50-74)60-86-52-76(36-48-94(86)92)82-57-79(71-29-41-89(42-30-71)97-63-67(15-7)23-19-11-3)54-80(58-82)72-31-43-90(44-32-72)98-64-68(16-8)24-20-12-4/h25-29,31,34-35,37-44,46-47,49,51-53,55,57-58,65-68,71-72,79,81,84H,9-24,30,32-33,36,45,48,50,54,56,59-64H2,1-8H3. The lowest BCUT2D eigenvalue weighted by atomic mass is 9.73. The fourth-order valence-electron chi connectivity index (χ4n) is 17.3. The number of benzene rings is 3. The van der Waals surface area contributed by atoms with E-state index in [1.165, 1.54) is 134 Å². The zero-order valence-electron chi connectivity index (χ0n) is 61.7. The van der Waals surface area contributed by atoms with Gasteiger partial charge in [0, 0.05) is 11.8 Å². The average Bonchev–Trinajstić information content (AvgIpc) is 1.59. The van der Waals surface area contributed by atoms with Crippen molar-refractivity contribution in [1.82, 2.24) is 0 Å². The van der Waals surface area contributed by atoms with Crippen molar-refractivity contribution in [3.8, 4) is 11.5 Å². The van der Waals surface area contributed by atoms with Gasteiger partial charge < -0.3 is 18.9 Å². The van der Waals surface area contributed by atoms with Gasteiger partial charge in [-0.2, -0.15) is 0 Å². The zero-order valence-corrected chi connectivity index (χ0v) is 61.7. The Kier molecular flexibility index (Phi) is 25.4. The Labute approximate surface area is 593 Å². The minimum absolute atomic E-state index is 0.253. The highest BCUT2D eigenvalue weighted by molar-refractivity contribution is 5.88. The lowest BCUT2D eigenvalue weighted by molar-refractivity contribution is 0.162. The summed E-state index contributed by atoms with van der Waals surface area (Å²) in [5.41, 5.74) is 25.3. The molecule has 98 heavy (non-hydrogen) atoms. The van der Waals surface area contributed by atoms with Crippen LogP contribution in [-0.2, 0) is 15.9 Å². The van der Waals surface area contributed by atoms with Gasteiger partial charge in [0.15, 0.2) is 0 Å². The van der Waals surface area contributed by atoms with Gasteiger partial charge in [0.1, 0.15) is 23.0 Å². The van der Waals surface area contributed by atoms with Gasteiger partial charge in [-0.15, -0.1) is 0 Å². The molecular weight excluding hydrogens is 1190 g/mol. The molecule has 3 aromatic rings. The minimum atomic E-state index is 0.253. The molecule has 0 radical (unpaired) electrons.